The van der Waals surface area contributed by atoms with Crippen LogP contribution in [0, 0.1) is 0 Å². The van der Waals surface area contributed by atoms with Crippen molar-refractivity contribution in [1.29, 1.82) is 0 Å². The molecule has 1 aliphatic carbocycles. The van der Waals surface area contributed by atoms with Gasteiger partial charge in [-0.1, -0.05) is 6.07 Å². The van der Waals surface area contributed by atoms with Gasteiger partial charge in [0.1, 0.15) is 5.75 Å². The first-order valence-electron chi connectivity index (χ1n) is 7.50. The fraction of sp³-hybridized carbons (Fsp3) is 0.647. The molecule has 0 saturated heterocycles. The van der Waals surface area contributed by atoms with Crippen molar-refractivity contribution in [3.8, 4) is 5.75 Å². The third-order valence-corrected chi connectivity index (χ3v) is 3.76. The molecular formula is C17H28N2O. The Morgan fingerprint density at radius 3 is 2.55 bits per heavy atom. The van der Waals surface area contributed by atoms with E-state index in [0.29, 0.717) is 0 Å². The quantitative estimate of drug-likeness (QED) is 0.863. The van der Waals surface area contributed by atoms with Crippen LogP contribution in [0.15, 0.2) is 18.2 Å². The van der Waals surface area contributed by atoms with Gasteiger partial charge in [0.2, 0.25) is 0 Å². The van der Waals surface area contributed by atoms with E-state index in [-0.39, 0.29) is 5.54 Å². The lowest BCUT2D eigenvalue weighted by atomic mass is 10.1. The molecule has 0 aliphatic heterocycles. The van der Waals surface area contributed by atoms with Crippen molar-refractivity contribution in [2.24, 2.45) is 0 Å². The molecule has 0 heterocycles. The van der Waals surface area contributed by atoms with E-state index in [9.17, 15) is 0 Å². The van der Waals surface area contributed by atoms with Gasteiger partial charge in [-0.15, -0.1) is 0 Å². The van der Waals surface area contributed by atoms with Crippen LogP contribution in [0.1, 0.15) is 44.7 Å². The fourth-order valence-electron chi connectivity index (χ4n) is 2.35. The minimum Gasteiger partial charge on any atom is -0.496 e. The number of nitrogens with one attached hydrogen (secondary N) is 1. The van der Waals surface area contributed by atoms with E-state index in [2.05, 4.69) is 56.2 Å². The number of benzene rings is 1. The zero-order valence-corrected chi connectivity index (χ0v) is 13.5. The molecule has 1 N–H and O–H groups in total. The third kappa shape index (κ3) is 4.50. The summed E-state index contributed by atoms with van der Waals surface area (Å²) >= 11 is 0. The maximum Gasteiger partial charge on any atom is 0.123 e. The monoisotopic (exact) mass is 276 g/mol. The number of hydrogen-bond donors (Lipinski definition) is 1. The van der Waals surface area contributed by atoms with E-state index >= 15 is 0 Å². The minimum atomic E-state index is 0.144. The van der Waals surface area contributed by atoms with Crippen LogP contribution < -0.4 is 10.1 Å². The zero-order chi connectivity index (χ0) is 14.8. The molecule has 1 aromatic rings. The van der Waals surface area contributed by atoms with Crippen LogP contribution in [0.3, 0.4) is 0 Å². The van der Waals surface area contributed by atoms with Crippen molar-refractivity contribution in [2.45, 2.75) is 58.3 Å². The first-order chi connectivity index (χ1) is 9.39. The molecule has 1 aromatic carbocycles. The Bertz CT molecular complexity index is 447. The Kier molecular flexibility index (Phi) is 4.71. The van der Waals surface area contributed by atoms with Gasteiger partial charge in [0.15, 0.2) is 0 Å². The molecule has 1 fully saturated rings. The summed E-state index contributed by atoms with van der Waals surface area (Å²) < 4.78 is 5.50. The van der Waals surface area contributed by atoms with Gasteiger partial charge in [0.25, 0.3) is 0 Å². The molecule has 0 radical (unpaired) electrons. The van der Waals surface area contributed by atoms with E-state index in [0.717, 1.165) is 24.9 Å². The second-order valence-electron chi connectivity index (χ2n) is 6.90. The summed E-state index contributed by atoms with van der Waals surface area (Å²) in [6, 6.07) is 7.29. The van der Waals surface area contributed by atoms with Crippen LogP contribution in [-0.2, 0) is 13.1 Å². The molecule has 0 bridgehead atoms. The summed E-state index contributed by atoms with van der Waals surface area (Å²) in [6.45, 7) is 8.44. The van der Waals surface area contributed by atoms with Gasteiger partial charge in [-0.05, 0) is 58.4 Å². The van der Waals surface area contributed by atoms with Gasteiger partial charge in [0, 0.05) is 30.2 Å². The predicted octanol–water partition coefficient (Wildman–Crippen LogP) is 3.18. The summed E-state index contributed by atoms with van der Waals surface area (Å²) in [5.41, 5.74) is 2.75. The van der Waals surface area contributed by atoms with Gasteiger partial charge in [-0.2, -0.15) is 0 Å². The van der Waals surface area contributed by atoms with Gasteiger partial charge >= 0.3 is 0 Å². The van der Waals surface area contributed by atoms with Crippen LogP contribution in [0.4, 0.5) is 0 Å². The van der Waals surface area contributed by atoms with Crippen LogP contribution >= 0.6 is 0 Å². The standard InChI is InChI=1S/C17H28N2O/c1-17(2,3)18-11-13-6-9-16(20-5)14(10-13)12-19(4)15-7-8-15/h6,9-10,15,18H,7-8,11-12H2,1-5H3. The molecule has 0 amide bonds. The molecule has 3 heteroatoms. The van der Waals surface area contributed by atoms with Crippen molar-refractivity contribution < 1.29 is 4.74 Å². The number of rotatable bonds is 6. The Labute approximate surface area is 123 Å². The second-order valence-corrected chi connectivity index (χ2v) is 6.90. The van der Waals surface area contributed by atoms with Crippen molar-refractivity contribution in [3.05, 3.63) is 29.3 Å². The maximum atomic E-state index is 5.50. The molecule has 3 nitrogen and oxygen atoms in total. The van der Waals surface area contributed by atoms with Gasteiger partial charge in [0.05, 0.1) is 7.11 Å². The SMILES string of the molecule is COc1ccc(CNC(C)(C)C)cc1CN(C)C1CC1. The lowest BCUT2D eigenvalue weighted by Gasteiger charge is -2.22. The normalized spacial score (nSPS) is 15.7. The number of ether oxygens (including phenoxy) is 1. The van der Waals surface area contributed by atoms with Crippen LogP contribution in [-0.4, -0.2) is 30.6 Å². The van der Waals surface area contributed by atoms with Crippen LogP contribution in [0.25, 0.3) is 0 Å². The molecule has 0 spiro atoms. The van der Waals surface area contributed by atoms with Crippen LogP contribution in [0.5, 0.6) is 5.75 Å². The van der Waals surface area contributed by atoms with Crippen molar-refractivity contribution >= 4 is 0 Å². The number of nitrogens with zero attached hydrogens (tertiary/aromatic N) is 1. The Morgan fingerprint density at radius 1 is 1.30 bits per heavy atom. The first-order valence-corrected chi connectivity index (χ1v) is 7.50. The number of hydrogen-bond acceptors (Lipinski definition) is 3. The fourth-order valence-corrected chi connectivity index (χ4v) is 2.35. The maximum absolute atomic E-state index is 5.50. The summed E-state index contributed by atoms with van der Waals surface area (Å²) in [7, 11) is 3.96. The summed E-state index contributed by atoms with van der Waals surface area (Å²) in [6.07, 6.45) is 2.67. The Hall–Kier alpha value is -1.06. The van der Waals surface area contributed by atoms with Crippen molar-refractivity contribution in [2.75, 3.05) is 14.2 Å². The Balaban J connectivity index is 2.07. The van der Waals surface area contributed by atoms with Gasteiger partial charge in [-0.3, -0.25) is 4.90 Å². The van der Waals surface area contributed by atoms with Gasteiger partial charge < -0.3 is 10.1 Å². The van der Waals surface area contributed by atoms with Crippen LogP contribution in [0.2, 0.25) is 0 Å². The molecule has 1 saturated carbocycles. The highest BCUT2D eigenvalue weighted by Gasteiger charge is 2.26. The average molecular weight is 276 g/mol. The lowest BCUT2D eigenvalue weighted by molar-refractivity contribution is 0.307. The summed E-state index contributed by atoms with van der Waals surface area (Å²) in [5, 5.41) is 3.54. The molecule has 20 heavy (non-hydrogen) atoms. The Morgan fingerprint density at radius 2 is 2.00 bits per heavy atom. The average Bonchev–Trinajstić information content (AvgIpc) is 3.20. The topological polar surface area (TPSA) is 24.5 Å². The molecule has 0 atom stereocenters. The highest BCUT2D eigenvalue weighted by Crippen LogP contribution is 2.29. The van der Waals surface area contributed by atoms with E-state index in [1.54, 1.807) is 7.11 Å². The molecule has 2 rings (SSSR count). The third-order valence-electron chi connectivity index (χ3n) is 3.76. The number of methoxy groups -OCH3 is 1. The molecule has 0 aromatic heterocycles. The molecule has 1 aliphatic rings. The van der Waals surface area contributed by atoms with Crippen molar-refractivity contribution in [1.82, 2.24) is 10.2 Å². The van der Waals surface area contributed by atoms with Crippen molar-refractivity contribution in [3.63, 3.8) is 0 Å². The van der Waals surface area contributed by atoms with Gasteiger partial charge in [-0.25, -0.2) is 0 Å². The minimum absolute atomic E-state index is 0.144. The van der Waals surface area contributed by atoms with E-state index in [1.807, 2.05) is 0 Å². The van der Waals surface area contributed by atoms with E-state index in [1.165, 1.54) is 24.0 Å². The second kappa shape index (κ2) is 6.15. The first kappa shape index (κ1) is 15.3. The molecular weight excluding hydrogens is 248 g/mol. The highest BCUT2D eigenvalue weighted by molar-refractivity contribution is 5.37. The predicted molar refractivity (Wildman–Crippen MR) is 84.1 cm³/mol. The lowest BCUT2D eigenvalue weighted by Crippen LogP contribution is -2.35. The summed E-state index contributed by atoms with van der Waals surface area (Å²) in [4.78, 5) is 2.43. The molecule has 112 valence electrons. The smallest absolute Gasteiger partial charge is 0.123 e. The van der Waals surface area contributed by atoms with E-state index in [4.69, 9.17) is 4.74 Å². The zero-order valence-electron chi connectivity index (χ0n) is 13.5. The summed E-state index contributed by atoms with van der Waals surface area (Å²) in [5.74, 6) is 0.997. The van der Waals surface area contributed by atoms with E-state index < -0.39 is 0 Å². The highest BCUT2D eigenvalue weighted by atomic mass is 16.5. The molecule has 0 unspecified atom stereocenters. The largest absolute Gasteiger partial charge is 0.496 e.